The van der Waals surface area contributed by atoms with Crippen molar-refractivity contribution in [1.82, 2.24) is 0 Å². The second-order valence-electron chi connectivity index (χ2n) is 4.12. The Morgan fingerprint density at radius 2 is 2.00 bits per heavy atom. The van der Waals surface area contributed by atoms with E-state index in [1.165, 1.54) is 31.3 Å². The molecule has 0 aromatic heterocycles. The first-order valence-corrected chi connectivity index (χ1v) is 7.28. The standard InChI is InChI=1S/C13H16BrNS/c1-10-4-2-3-5-13(10)16-15-12-8-6-11(14)7-9-12/h6-9,13,15H,1-5H2. The van der Waals surface area contributed by atoms with Crippen LogP contribution in [0.5, 0.6) is 0 Å². The van der Waals surface area contributed by atoms with Crippen LogP contribution in [0.4, 0.5) is 5.69 Å². The Morgan fingerprint density at radius 3 is 2.69 bits per heavy atom. The van der Waals surface area contributed by atoms with Crippen molar-refractivity contribution in [2.45, 2.75) is 30.9 Å². The third kappa shape index (κ3) is 3.29. The van der Waals surface area contributed by atoms with E-state index in [9.17, 15) is 0 Å². The molecule has 0 bridgehead atoms. The molecule has 1 aromatic carbocycles. The number of benzene rings is 1. The molecule has 0 heterocycles. The van der Waals surface area contributed by atoms with Gasteiger partial charge in [-0.15, -0.1) is 0 Å². The van der Waals surface area contributed by atoms with Crippen molar-refractivity contribution in [1.29, 1.82) is 0 Å². The molecule has 1 atom stereocenters. The molecular formula is C13H16BrNS. The molecule has 3 heteroatoms. The highest BCUT2D eigenvalue weighted by molar-refractivity contribution is 9.10. The van der Waals surface area contributed by atoms with Crippen molar-refractivity contribution in [3.63, 3.8) is 0 Å². The van der Waals surface area contributed by atoms with E-state index in [2.05, 4.69) is 51.5 Å². The normalized spacial score (nSPS) is 20.8. The van der Waals surface area contributed by atoms with Crippen LogP contribution in [0.15, 0.2) is 40.9 Å². The highest BCUT2D eigenvalue weighted by Gasteiger charge is 2.17. The molecule has 1 aliphatic carbocycles. The molecule has 1 aliphatic rings. The molecular weight excluding hydrogens is 282 g/mol. The summed E-state index contributed by atoms with van der Waals surface area (Å²) < 4.78 is 4.52. The molecule has 0 radical (unpaired) electrons. The van der Waals surface area contributed by atoms with E-state index in [0.717, 1.165) is 10.2 Å². The number of anilines is 1. The number of hydrogen-bond donors (Lipinski definition) is 1. The SMILES string of the molecule is C=C1CCCCC1SNc1ccc(Br)cc1. The smallest absolute Gasteiger partial charge is 0.0452 e. The van der Waals surface area contributed by atoms with Crippen molar-refractivity contribution >= 4 is 33.6 Å². The van der Waals surface area contributed by atoms with Gasteiger partial charge in [0.2, 0.25) is 0 Å². The maximum absolute atomic E-state index is 4.15. The van der Waals surface area contributed by atoms with Crippen LogP contribution in [0, 0.1) is 0 Å². The van der Waals surface area contributed by atoms with E-state index < -0.39 is 0 Å². The highest BCUT2D eigenvalue weighted by Crippen LogP contribution is 2.32. The first-order valence-electron chi connectivity index (χ1n) is 5.60. The summed E-state index contributed by atoms with van der Waals surface area (Å²) in [4.78, 5) is 0. The lowest BCUT2D eigenvalue weighted by atomic mass is 9.96. The van der Waals surface area contributed by atoms with E-state index in [4.69, 9.17) is 0 Å². The van der Waals surface area contributed by atoms with Crippen LogP contribution in [-0.4, -0.2) is 5.25 Å². The van der Waals surface area contributed by atoms with Crippen molar-refractivity contribution < 1.29 is 0 Å². The molecule has 1 nitrogen and oxygen atoms in total. The zero-order valence-corrected chi connectivity index (χ0v) is 11.6. The van der Waals surface area contributed by atoms with Crippen molar-refractivity contribution in [2.75, 3.05) is 4.72 Å². The Kier molecular flexibility index (Phi) is 4.36. The van der Waals surface area contributed by atoms with Gasteiger partial charge in [0.05, 0.1) is 0 Å². The van der Waals surface area contributed by atoms with Crippen LogP contribution in [0.2, 0.25) is 0 Å². The number of nitrogens with one attached hydrogen (secondary N) is 1. The van der Waals surface area contributed by atoms with Gasteiger partial charge in [-0.1, -0.05) is 34.5 Å². The minimum Gasteiger partial charge on any atom is -0.329 e. The van der Waals surface area contributed by atoms with Gasteiger partial charge in [-0.25, -0.2) is 0 Å². The summed E-state index contributed by atoms with van der Waals surface area (Å²) in [6, 6.07) is 8.28. The number of halogens is 1. The lowest BCUT2D eigenvalue weighted by Crippen LogP contribution is -2.13. The minimum absolute atomic E-state index is 0.581. The summed E-state index contributed by atoms with van der Waals surface area (Å²) in [5.74, 6) is 0. The average Bonchev–Trinajstić information content (AvgIpc) is 2.30. The van der Waals surface area contributed by atoms with Gasteiger partial charge in [-0.3, -0.25) is 0 Å². The van der Waals surface area contributed by atoms with Crippen LogP contribution in [0.25, 0.3) is 0 Å². The van der Waals surface area contributed by atoms with Gasteiger partial charge < -0.3 is 4.72 Å². The van der Waals surface area contributed by atoms with E-state index in [0.29, 0.717) is 5.25 Å². The fourth-order valence-corrected chi connectivity index (χ4v) is 3.09. The van der Waals surface area contributed by atoms with Gasteiger partial charge in [0.1, 0.15) is 0 Å². The Hall–Kier alpha value is -0.410. The van der Waals surface area contributed by atoms with Gasteiger partial charge >= 0.3 is 0 Å². The monoisotopic (exact) mass is 297 g/mol. The molecule has 1 fully saturated rings. The third-order valence-corrected chi connectivity index (χ3v) is 4.57. The highest BCUT2D eigenvalue weighted by atomic mass is 79.9. The van der Waals surface area contributed by atoms with Crippen molar-refractivity contribution in [3.05, 3.63) is 40.9 Å². The molecule has 86 valence electrons. The average molecular weight is 298 g/mol. The summed E-state index contributed by atoms with van der Waals surface area (Å²) in [6.45, 7) is 4.15. The predicted molar refractivity (Wildman–Crippen MR) is 76.8 cm³/mol. The zero-order valence-electron chi connectivity index (χ0n) is 9.21. The van der Waals surface area contributed by atoms with Gasteiger partial charge in [0.15, 0.2) is 0 Å². The summed E-state index contributed by atoms with van der Waals surface area (Å²) in [6.07, 6.45) is 5.10. The molecule has 0 aliphatic heterocycles. The zero-order chi connectivity index (χ0) is 11.4. The first kappa shape index (κ1) is 12.1. The van der Waals surface area contributed by atoms with E-state index in [1.807, 2.05) is 0 Å². The van der Waals surface area contributed by atoms with Crippen LogP contribution < -0.4 is 4.72 Å². The summed E-state index contributed by atoms with van der Waals surface area (Å²) in [5.41, 5.74) is 2.55. The Labute approximate surface area is 110 Å². The fraction of sp³-hybridized carbons (Fsp3) is 0.385. The van der Waals surface area contributed by atoms with Crippen LogP contribution in [0.3, 0.4) is 0 Å². The van der Waals surface area contributed by atoms with Crippen molar-refractivity contribution in [2.24, 2.45) is 0 Å². The second-order valence-corrected chi connectivity index (χ2v) is 6.04. The molecule has 0 saturated heterocycles. The van der Waals surface area contributed by atoms with Gasteiger partial charge in [0, 0.05) is 15.4 Å². The Bertz CT molecular complexity index is 361. The topological polar surface area (TPSA) is 12.0 Å². The molecule has 0 amide bonds. The third-order valence-electron chi connectivity index (χ3n) is 2.83. The maximum Gasteiger partial charge on any atom is 0.0452 e. The van der Waals surface area contributed by atoms with E-state index in [-0.39, 0.29) is 0 Å². The Balaban J connectivity index is 1.86. The molecule has 16 heavy (non-hydrogen) atoms. The molecule has 1 aromatic rings. The molecule has 1 saturated carbocycles. The van der Waals surface area contributed by atoms with Crippen LogP contribution in [0.1, 0.15) is 25.7 Å². The quantitative estimate of drug-likeness (QED) is 0.622. The maximum atomic E-state index is 4.15. The van der Waals surface area contributed by atoms with Gasteiger partial charge in [0.25, 0.3) is 0 Å². The largest absolute Gasteiger partial charge is 0.329 e. The fourth-order valence-electron chi connectivity index (χ4n) is 1.85. The second kappa shape index (κ2) is 5.78. The number of rotatable bonds is 3. The lowest BCUT2D eigenvalue weighted by molar-refractivity contribution is 0.611. The van der Waals surface area contributed by atoms with Crippen molar-refractivity contribution in [3.8, 4) is 0 Å². The van der Waals surface area contributed by atoms with Crippen LogP contribution >= 0.6 is 27.9 Å². The summed E-state index contributed by atoms with van der Waals surface area (Å²) in [7, 11) is 0. The first-order chi connectivity index (χ1) is 7.75. The predicted octanol–water partition coefficient (Wildman–Crippen LogP) is 5.01. The van der Waals surface area contributed by atoms with Gasteiger partial charge in [-0.2, -0.15) is 0 Å². The molecule has 0 spiro atoms. The lowest BCUT2D eigenvalue weighted by Gasteiger charge is -2.24. The molecule has 1 N–H and O–H groups in total. The van der Waals surface area contributed by atoms with Gasteiger partial charge in [-0.05, 0) is 55.5 Å². The summed E-state index contributed by atoms with van der Waals surface area (Å²) in [5, 5.41) is 0.581. The molecule has 1 unspecified atom stereocenters. The van der Waals surface area contributed by atoms with Crippen LogP contribution in [-0.2, 0) is 0 Å². The molecule has 2 rings (SSSR count). The Morgan fingerprint density at radius 1 is 1.25 bits per heavy atom. The number of hydrogen-bond acceptors (Lipinski definition) is 2. The van der Waals surface area contributed by atoms with E-state index in [1.54, 1.807) is 11.9 Å². The summed E-state index contributed by atoms with van der Waals surface area (Å²) >= 11 is 5.23. The minimum atomic E-state index is 0.581. The van der Waals surface area contributed by atoms with E-state index >= 15 is 0 Å².